The minimum atomic E-state index is -0.713. The van der Waals surface area contributed by atoms with Gasteiger partial charge in [-0.05, 0) is 30.3 Å². The molecule has 0 bridgehead atoms. The summed E-state index contributed by atoms with van der Waals surface area (Å²) in [5, 5.41) is 28.9. The number of aliphatic hydroxyl groups is 1. The number of hydrogen-bond donors (Lipinski definition) is 3. The van der Waals surface area contributed by atoms with Gasteiger partial charge in [-0.15, -0.1) is 0 Å². The quantitative estimate of drug-likeness (QED) is 0.731. The van der Waals surface area contributed by atoms with Gasteiger partial charge in [0.25, 0.3) is 0 Å². The Morgan fingerprint density at radius 2 is 1.70 bits per heavy atom. The van der Waals surface area contributed by atoms with Gasteiger partial charge in [-0.2, -0.15) is 0 Å². The monoisotopic (exact) mass is 273 g/mol. The van der Waals surface area contributed by atoms with Crippen LogP contribution in [-0.4, -0.2) is 33.8 Å². The summed E-state index contributed by atoms with van der Waals surface area (Å²) in [6.07, 6.45) is -0.713. The Morgan fingerprint density at radius 1 is 1.00 bits per heavy atom. The minimum absolute atomic E-state index is 0.182. The van der Waals surface area contributed by atoms with Gasteiger partial charge in [0.05, 0.1) is 6.10 Å². The molecule has 3 N–H and O–H groups in total. The molecule has 0 unspecified atom stereocenters. The molecule has 0 heterocycles. The fourth-order valence-electron chi connectivity index (χ4n) is 2.11. The molecule has 2 aromatic carbocycles. The maximum Gasteiger partial charge on any atom is 0.157 e. The molecule has 4 heteroatoms. The van der Waals surface area contributed by atoms with Gasteiger partial charge in [0.2, 0.25) is 0 Å². The SMILES string of the molecule is CN(Cc1ccccc1)C[C@H](O)c1ccc(O)c(O)c1. The standard InChI is InChI=1S/C16H19NO3/c1-17(10-12-5-3-2-4-6-12)11-16(20)13-7-8-14(18)15(19)9-13/h2-9,16,18-20H,10-11H2,1H3/t16-/m0/s1. The zero-order valence-electron chi connectivity index (χ0n) is 11.4. The summed E-state index contributed by atoms with van der Waals surface area (Å²) in [6.45, 7) is 1.18. The Balaban J connectivity index is 1.96. The second-order valence-electron chi connectivity index (χ2n) is 4.95. The van der Waals surface area contributed by atoms with E-state index in [0.717, 1.165) is 6.54 Å². The van der Waals surface area contributed by atoms with E-state index in [1.807, 2.05) is 42.3 Å². The number of phenolic OH excluding ortho intramolecular Hbond substituents is 2. The van der Waals surface area contributed by atoms with Crippen LogP contribution in [0.3, 0.4) is 0 Å². The van der Waals surface area contributed by atoms with Crippen LogP contribution in [0, 0.1) is 0 Å². The third-order valence-electron chi connectivity index (χ3n) is 3.16. The van der Waals surface area contributed by atoms with Crippen molar-refractivity contribution in [2.24, 2.45) is 0 Å². The van der Waals surface area contributed by atoms with E-state index in [1.165, 1.54) is 17.7 Å². The number of benzene rings is 2. The first-order valence-electron chi connectivity index (χ1n) is 6.48. The number of nitrogens with zero attached hydrogens (tertiary/aromatic N) is 1. The molecule has 106 valence electrons. The molecule has 0 aliphatic rings. The summed E-state index contributed by atoms with van der Waals surface area (Å²) < 4.78 is 0. The second-order valence-corrected chi connectivity index (χ2v) is 4.95. The molecule has 20 heavy (non-hydrogen) atoms. The minimum Gasteiger partial charge on any atom is -0.504 e. The van der Waals surface area contributed by atoms with Crippen molar-refractivity contribution in [2.45, 2.75) is 12.6 Å². The van der Waals surface area contributed by atoms with Crippen molar-refractivity contribution >= 4 is 0 Å². The van der Waals surface area contributed by atoms with Crippen LogP contribution in [-0.2, 0) is 6.54 Å². The number of phenols is 2. The second kappa shape index (κ2) is 6.41. The van der Waals surface area contributed by atoms with Gasteiger partial charge in [0.15, 0.2) is 11.5 Å². The topological polar surface area (TPSA) is 63.9 Å². The first-order chi connectivity index (χ1) is 9.56. The maximum absolute atomic E-state index is 10.1. The van der Waals surface area contributed by atoms with Crippen LogP contribution in [0.25, 0.3) is 0 Å². The summed E-state index contributed by atoms with van der Waals surface area (Å²) in [6, 6.07) is 14.4. The predicted molar refractivity (Wildman–Crippen MR) is 77.5 cm³/mol. The molecule has 0 saturated heterocycles. The van der Waals surface area contributed by atoms with Crippen molar-refractivity contribution in [1.82, 2.24) is 4.90 Å². The van der Waals surface area contributed by atoms with E-state index >= 15 is 0 Å². The summed E-state index contributed by atoms with van der Waals surface area (Å²) in [5.41, 5.74) is 1.76. The lowest BCUT2D eigenvalue weighted by atomic mass is 10.1. The van der Waals surface area contributed by atoms with Gasteiger partial charge in [-0.25, -0.2) is 0 Å². The largest absolute Gasteiger partial charge is 0.504 e. The Kier molecular flexibility index (Phi) is 4.61. The Bertz CT molecular complexity index is 557. The smallest absolute Gasteiger partial charge is 0.157 e. The number of rotatable bonds is 5. The molecular formula is C16H19NO3. The summed E-state index contributed by atoms with van der Waals surface area (Å²) in [5.74, 6) is -0.397. The maximum atomic E-state index is 10.1. The van der Waals surface area contributed by atoms with Crippen molar-refractivity contribution < 1.29 is 15.3 Å². The van der Waals surface area contributed by atoms with Crippen molar-refractivity contribution in [1.29, 1.82) is 0 Å². The highest BCUT2D eigenvalue weighted by molar-refractivity contribution is 5.41. The number of aliphatic hydroxyl groups excluding tert-OH is 1. The van der Waals surface area contributed by atoms with Gasteiger partial charge in [-0.1, -0.05) is 36.4 Å². The van der Waals surface area contributed by atoms with Crippen molar-refractivity contribution in [3.63, 3.8) is 0 Å². The molecule has 4 nitrogen and oxygen atoms in total. The van der Waals surface area contributed by atoms with E-state index in [9.17, 15) is 15.3 Å². The Labute approximate surface area is 118 Å². The molecule has 0 aromatic heterocycles. The molecule has 2 aromatic rings. The van der Waals surface area contributed by atoms with Gasteiger partial charge < -0.3 is 15.3 Å². The van der Waals surface area contributed by atoms with E-state index in [1.54, 1.807) is 6.07 Å². The highest BCUT2D eigenvalue weighted by atomic mass is 16.3. The van der Waals surface area contributed by atoms with Gasteiger partial charge >= 0.3 is 0 Å². The zero-order valence-corrected chi connectivity index (χ0v) is 11.4. The van der Waals surface area contributed by atoms with Crippen molar-refractivity contribution in [3.8, 4) is 11.5 Å². The number of likely N-dealkylation sites (N-methyl/N-ethyl adjacent to an activating group) is 1. The van der Waals surface area contributed by atoms with Crippen LogP contribution in [0.5, 0.6) is 11.5 Å². The van der Waals surface area contributed by atoms with E-state index in [-0.39, 0.29) is 11.5 Å². The summed E-state index contributed by atoms with van der Waals surface area (Å²) in [4.78, 5) is 2.00. The van der Waals surface area contributed by atoms with Crippen LogP contribution in [0.1, 0.15) is 17.2 Å². The van der Waals surface area contributed by atoms with Crippen LogP contribution in [0.15, 0.2) is 48.5 Å². The van der Waals surface area contributed by atoms with E-state index in [4.69, 9.17) is 0 Å². The van der Waals surface area contributed by atoms with E-state index < -0.39 is 6.10 Å². The lowest BCUT2D eigenvalue weighted by Crippen LogP contribution is -2.24. The molecule has 2 rings (SSSR count). The van der Waals surface area contributed by atoms with Gasteiger partial charge in [0, 0.05) is 13.1 Å². The fourth-order valence-corrected chi connectivity index (χ4v) is 2.11. The molecule has 0 amide bonds. The lowest BCUT2D eigenvalue weighted by molar-refractivity contribution is 0.123. The molecule has 0 fully saturated rings. The average molecular weight is 273 g/mol. The summed E-state index contributed by atoms with van der Waals surface area (Å²) in [7, 11) is 1.93. The molecule has 0 spiro atoms. The molecule has 0 radical (unpaired) electrons. The van der Waals surface area contributed by atoms with E-state index in [2.05, 4.69) is 0 Å². The van der Waals surface area contributed by atoms with Crippen LogP contribution >= 0.6 is 0 Å². The van der Waals surface area contributed by atoms with Crippen LogP contribution < -0.4 is 0 Å². The van der Waals surface area contributed by atoms with Crippen LogP contribution in [0.4, 0.5) is 0 Å². The lowest BCUT2D eigenvalue weighted by Gasteiger charge is -2.21. The first kappa shape index (κ1) is 14.4. The average Bonchev–Trinajstić information content (AvgIpc) is 2.42. The Hall–Kier alpha value is -2.04. The highest BCUT2D eigenvalue weighted by Gasteiger charge is 2.12. The summed E-state index contributed by atoms with van der Waals surface area (Å²) >= 11 is 0. The molecular weight excluding hydrogens is 254 g/mol. The van der Waals surface area contributed by atoms with Crippen molar-refractivity contribution in [3.05, 3.63) is 59.7 Å². The third kappa shape index (κ3) is 3.73. The van der Waals surface area contributed by atoms with Crippen LogP contribution in [0.2, 0.25) is 0 Å². The van der Waals surface area contributed by atoms with E-state index in [0.29, 0.717) is 12.1 Å². The molecule has 0 saturated carbocycles. The van der Waals surface area contributed by atoms with Gasteiger partial charge in [-0.3, -0.25) is 4.90 Å². The first-order valence-corrected chi connectivity index (χ1v) is 6.48. The molecule has 1 atom stereocenters. The zero-order chi connectivity index (χ0) is 14.5. The normalized spacial score (nSPS) is 12.6. The number of aromatic hydroxyl groups is 2. The van der Waals surface area contributed by atoms with Crippen molar-refractivity contribution in [2.75, 3.05) is 13.6 Å². The third-order valence-corrected chi connectivity index (χ3v) is 3.16. The molecule has 0 aliphatic heterocycles. The Morgan fingerprint density at radius 3 is 2.35 bits per heavy atom. The van der Waals surface area contributed by atoms with Gasteiger partial charge in [0.1, 0.15) is 0 Å². The fraction of sp³-hybridized carbons (Fsp3) is 0.250. The highest BCUT2D eigenvalue weighted by Crippen LogP contribution is 2.28. The predicted octanol–water partition coefficient (Wildman–Crippen LogP) is 2.26. The molecule has 0 aliphatic carbocycles. The number of hydrogen-bond acceptors (Lipinski definition) is 4.